The van der Waals surface area contributed by atoms with Crippen LogP contribution >= 0.6 is 0 Å². The van der Waals surface area contributed by atoms with Gasteiger partial charge in [0.25, 0.3) is 0 Å². The number of carbonyl (C=O) groups is 2. The molecule has 0 saturated carbocycles. The first-order chi connectivity index (χ1) is 11.1. The van der Waals surface area contributed by atoms with E-state index in [1.165, 1.54) is 0 Å². The van der Waals surface area contributed by atoms with E-state index in [-0.39, 0.29) is 11.8 Å². The normalized spacial score (nSPS) is 20.6. The Hall–Kier alpha value is -2.37. The van der Waals surface area contributed by atoms with Gasteiger partial charge in [0.1, 0.15) is 12.1 Å². The monoisotopic (exact) mass is 316 g/mol. The summed E-state index contributed by atoms with van der Waals surface area (Å²) < 4.78 is 0. The van der Waals surface area contributed by atoms with Crippen molar-refractivity contribution in [3.8, 4) is 0 Å². The lowest BCUT2D eigenvalue weighted by molar-refractivity contribution is -0.136. The molecule has 1 aromatic carbocycles. The Morgan fingerprint density at radius 2 is 1.78 bits per heavy atom. The van der Waals surface area contributed by atoms with Gasteiger partial charge in [-0.1, -0.05) is 37.3 Å². The summed E-state index contributed by atoms with van der Waals surface area (Å²) in [5.41, 5.74) is 1.02. The highest BCUT2D eigenvalue weighted by Gasteiger charge is 2.33. The fraction of sp³-hybridized carbons (Fsp3) is 0.471. The Kier molecular flexibility index (Phi) is 6.14. The molecule has 0 bridgehead atoms. The van der Waals surface area contributed by atoms with Crippen LogP contribution in [0.15, 0.2) is 30.3 Å². The van der Waals surface area contributed by atoms with Gasteiger partial charge in [0.05, 0.1) is 5.84 Å². The summed E-state index contributed by atoms with van der Waals surface area (Å²) in [6.07, 6.45) is 2.46. The summed E-state index contributed by atoms with van der Waals surface area (Å²) >= 11 is 0. The quantitative estimate of drug-likeness (QED) is 0.343. The average molecular weight is 316 g/mol. The van der Waals surface area contributed by atoms with Crippen molar-refractivity contribution in [2.45, 2.75) is 44.7 Å². The van der Waals surface area contributed by atoms with Crippen molar-refractivity contribution in [2.75, 3.05) is 6.54 Å². The minimum Gasteiger partial charge on any atom is -0.374 e. The molecule has 124 valence electrons. The summed E-state index contributed by atoms with van der Waals surface area (Å²) in [4.78, 5) is 24.3. The van der Waals surface area contributed by atoms with Crippen molar-refractivity contribution in [2.24, 2.45) is 0 Å². The lowest BCUT2D eigenvalue weighted by atomic mass is 10.0. The van der Waals surface area contributed by atoms with Gasteiger partial charge >= 0.3 is 0 Å². The van der Waals surface area contributed by atoms with Gasteiger partial charge in [-0.2, -0.15) is 0 Å². The van der Waals surface area contributed by atoms with Gasteiger partial charge in [-0.3, -0.25) is 15.0 Å². The Labute approximate surface area is 136 Å². The molecule has 2 rings (SSSR count). The number of carbonyl (C=O) groups excluding carboxylic acids is 2. The fourth-order valence-electron chi connectivity index (χ4n) is 2.54. The number of amides is 2. The molecule has 0 radical (unpaired) electrons. The predicted molar refractivity (Wildman–Crippen MR) is 89.3 cm³/mol. The van der Waals surface area contributed by atoms with Gasteiger partial charge in [0, 0.05) is 19.4 Å². The number of hydrogen-bond acceptors (Lipinski definition) is 3. The summed E-state index contributed by atoms with van der Waals surface area (Å²) in [6, 6.07) is 8.66. The first kappa shape index (κ1) is 17.0. The minimum atomic E-state index is -0.507. The average Bonchev–Trinajstić information content (AvgIpc) is 2.56. The van der Waals surface area contributed by atoms with Gasteiger partial charge in [0.2, 0.25) is 11.8 Å². The maximum absolute atomic E-state index is 12.2. The predicted octanol–water partition coefficient (Wildman–Crippen LogP) is 0.969. The zero-order chi connectivity index (χ0) is 16.7. The van der Waals surface area contributed by atoms with Crippen molar-refractivity contribution in [1.29, 1.82) is 5.41 Å². The van der Waals surface area contributed by atoms with E-state index in [9.17, 15) is 9.59 Å². The number of benzene rings is 1. The largest absolute Gasteiger partial charge is 0.374 e. The molecule has 0 aliphatic carbocycles. The molecule has 6 heteroatoms. The lowest BCUT2D eigenvalue weighted by Crippen LogP contribution is -2.62. The van der Waals surface area contributed by atoms with Crippen LogP contribution in [0.5, 0.6) is 0 Å². The van der Waals surface area contributed by atoms with Crippen molar-refractivity contribution in [3.63, 3.8) is 0 Å². The Bertz CT molecular complexity index is 559. The van der Waals surface area contributed by atoms with Crippen LogP contribution in [0.25, 0.3) is 0 Å². The highest BCUT2D eigenvalue weighted by molar-refractivity contribution is 5.97. The second kappa shape index (κ2) is 8.31. The third-order valence-electron chi connectivity index (χ3n) is 3.91. The number of piperazine rings is 1. The molecule has 1 aliphatic rings. The maximum Gasteiger partial charge on any atom is 0.243 e. The van der Waals surface area contributed by atoms with E-state index in [2.05, 4.69) is 16.0 Å². The van der Waals surface area contributed by atoms with Crippen LogP contribution in [0, 0.1) is 5.41 Å². The van der Waals surface area contributed by atoms with Crippen molar-refractivity contribution in [1.82, 2.24) is 16.0 Å². The third-order valence-corrected chi connectivity index (χ3v) is 3.91. The van der Waals surface area contributed by atoms with Crippen LogP contribution in [0.3, 0.4) is 0 Å². The van der Waals surface area contributed by atoms with Gasteiger partial charge in [-0.15, -0.1) is 0 Å². The number of rotatable bonds is 7. The molecule has 1 aliphatic heterocycles. The first-order valence-corrected chi connectivity index (χ1v) is 8.06. The second-order valence-electron chi connectivity index (χ2n) is 5.71. The van der Waals surface area contributed by atoms with Crippen molar-refractivity contribution >= 4 is 17.6 Å². The fourth-order valence-corrected chi connectivity index (χ4v) is 2.54. The Balaban J connectivity index is 1.79. The van der Waals surface area contributed by atoms with Crippen molar-refractivity contribution < 1.29 is 9.59 Å². The van der Waals surface area contributed by atoms with E-state index in [0.29, 0.717) is 31.6 Å². The van der Waals surface area contributed by atoms with E-state index in [1.54, 1.807) is 0 Å². The zero-order valence-corrected chi connectivity index (χ0v) is 13.4. The molecule has 2 amide bonds. The van der Waals surface area contributed by atoms with E-state index in [0.717, 1.165) is 12.0 Å². The van der Waals surface area contributed by atoms with Crippen LogP contribution < -0.4 is 16.0 Å². The molecule has 6 nitrogen and oxygen atoms in total. The molecular weight excluding hydrogens is 292 g/mol. The van der Waals surface area contributed by atoms with Crippen LogP contribution in [-0.4, -0.2) is 36.3 Å². The van der Waals surface area contributed by atoms with Crippen molar-refractivity contribution in [3.05, 3.63) is 35.9 Å². The standard InChI is InChI=1S/C17H24N4O2/c1-2-15(18)19-10-6-9-13-16(22)21-14(17(23)20-13)11-12-7-4-3-5-8-12/h3-5,7-8,13-14H,2,6,9-11H2,1H3,(H2,18,19)(H,20,23)(H,21,22)/t13-,14-/m0/s1. The minimum absolute atomic E-state index is 0.129. The summed E-state index contributed by atoms with van der Waals surface area (Å²) in [7, 11) is 0. The molecule has 2 atom stereocenters. The number of nitrogens with one attached hydrogen (secondary N) is 4. The molecule has 1 aromatic rings. The van der Waals surface area contributed by atoms with E-state index < -0.39 is 12.1 Å². The highest BCUT2D eigenvalue weighted by Crippen LogP contribution is 2.09. The third kappa shape index (κ3) is 5.09. The van der Waals surface area contributed by atoms with Crippen LogP contribution in [0.2, 0.25) is 0 Å². The molecular formula is C17H24N4O2. The van der Waals surface area contributed by atoms with Crippen LogP contribution in [0.1, 0.15) is 31.7 Å². The summed E-state index contributed by atoms with van der Waals surface area (Å²) in [5.74, 6) is 0.230. The molecule has 1 saturated heterocycles. The van der Waals surface area contributed by atoms with E-state index in [1.807, 2.05) is 37.3 Å². The van der Waals surface area contributed by atoms with Crippen LogP contribution in [-0.2, 0) is 16.0 Å². The molecule has 0 aromatic heterocycles. The zero-order valence-electron chi connectivity index (χ0n) is 13.4. The summed E-state index contributed by atoms with van der Waals surface area (Å²) in [6.45, 7) is 2.55. The molecule has 0 spiro atoms. The lowest BCUT2D eigenvalue weighted by Gasteiger charge is -2.29. The molecule has 1 fully saturated rings. The van der Waals surface area contributed by atoms with Gasteiger partial charge in [0.15, 0.2) is 0 Å². The van der Waals surface area contributed by atoms with E-state index >= 15 is 0 Å². The SMILES string of the molecule is CCC(=N)NCCC[C@@H]1NC(=O)[C@H](Cc2ccccc2)NC1=O. The molecule has 4 N–H and O–H groups in total. The number of amidine groups is 1. The van der Waals surface area contributed by atoms with Crippen LogP contribution in [0.4, 0.5) is 0 Å². The van der Waals surface area contributed by atoms with Gasteiger partial charge in [-0.25, -0.2) is 0 Å². The summed E-state index contributed by atoms with van der Waals surface area (Å²) in [5, 5.41) is 16.1. The topological polar surface area (TPSA) is 94.1 Å². The molecule has 1 heterocycles. The van der Waals surface area contributed by atoms with Gasteiger partial charge < -0.3 is 16.0 Å². The smallest absolute Gasteiger partial charge is 0.243 e. The first-order valence-electron chi connectivity index (χ1n) is 8.06. The Morgan fingerprint density at radius 1 is 1.13 bits per heavy atom. The second-order valence-corrected chi connectivity index (χ2v) is 5.71. The number of hydrogen-bond donors (Lipinski definition) is 4. The van der Waals surface area contributed by atoms with E-state index in [4.69, 9.17) is 5.41 Å². The Morgan fingerprint density at radius 3 is 2.48 bits per heavy atom. The maximum atomic E-state index is 12.2. The molecule has 0 unspecified atom stereocenters. The van der Waals surface area contributed by atoms with Gasteiger partial charge in [-0.05, 0) is 18.4 Å². The molecule has 23 heavy (non-hydrogen) atoms. The highest BCUT2D eigenvalue weighted by atomic mass is 16.2.